The molecular formula is C11H24N2. The molecule has 0 saturated carbocycles. The van der Waals surface area contributed by atoms with Crippen LogP contribution in [0.3, 0.4) is 0 Å². The Balaban J connectivity index is 2.48. The van der Waals surface area contributed by atoms with E-state index >= 15 is 0 Å². The van der Waals surface area contributed by atoms with Gasteiger partial charge in [-0.25, -0.2) is 0 Å². The Bertz CT molecular complexity index is 154. The fraction of sp³-hybridized carbons (Fsp3) is 1.00. The van der Waals surface area contributed by atoms with Crippen molar-refractivity contribution in [1.29, 1.82) is 0 Å². The van der Waals surface area contributed by atoms with Crippen molar-refractivity contribution in [3.05, 3.63) is 0 Å². The Morgan fingerprint density at radius 1 is 1.46 bits per heavy atom. The highest BCUT2D eigenvalue weighted by atomic mass is 15.2. The molecule has 1 N–H and O–H groups in total. The molecule has 0 bridgehead atoms. The molecule has 1 aliphatic heterocycles. The van der Waals surface area contributed by atoms with Gasteiger partial charge in [0.05, 0.1) is 0 Å². The second-order valence-electron chi connectivity index (χ2n) is 5.01. The monoisotopic (exact) mass is 184 g/mol. The van der Waals surface area contributed by atoms with Crippen LogP contribution in [0.5, 0.6) is 0 Å². The van der Waals surface area contributed by atoms with Gasteiger partial charge in [-0.05, 0) is 18.9 Å². The molecule has 2 heteroatoms. The highest BCUT2D eigenvalue weighted by Gasteiger charge is 2.30. The van der Waals surface area contributed by atoms with Gasteiger partial charge in [0, 0.05) is 25.7 Å². The van der Waals surface area contributed by atoms with E-state index in [0.717, 1.165) is 6.54 Å². The number of piperazine rings is 1. The summed E-state index contributed by atoms with van der Waals surface area (Å²) in [6, 6.07) is 0.672. The molecule has 1 fully saturated rings. The van der Waals surface area contributed by atoms with Gasteiger partial charge in [0.25, 0.3) is 0 Å². The smallest absolute Gasteiger partial charge is 0.0246 e. The minimum absolute atomic E-state index is 0.448. The van der Waals surface area contributed by atoms with E-state index in [4.69, 9.17) is 0 Å². The lowest BCUT2D eigenvalue weighted by Crippen LogP contribution is -2.55. The Hall–Kier alpha value is -0.0800. The molecule has 1 aliphatic rings. The Morgan fingerprint density at radius 3 is 2.69 bits per heavy atom. The van der Waals surface area contributed by atoms with Gasteiger partial charge in [-0.1, -0.05) is 27.2 Å². The van der Waals surface area contributed by atoms with E-state index in [9.17, 15) is 0 Å². The lowest BCUT2D eigenvalue weighted by Gasteiger charge is -2.41. The number of likely N-dealkylation sites (N-methyl/N-ethyl adjacent to an activating group) is 1. The van der Waals surface area contributed by atoms with Gasteiger partial charge in [0.15, 0.2) is 0 Å². The van der Waals surface area contributed by atoms with Crippen LogP contribution in [-0.2, 0) is 0 Å². The SMILES string of the molecule is CCCC(C)(C)C1CN(C)CCN1. The van der Waals surface area contributed by atoms with Gasteiger partial charge in [-0.3, -0.25) is 0 Å². The van der Waals surface area contributed by atoms with Crippen molar-refractivity contribution in [2.24, 2.45) is 5.41 Å². The first-order valence-electron chi connectivity index (χ1n) is 5.48. The fourth-order valence-corrected chi connectivity index (χ4v) is 2.24. The average molecular weight is 184 g/mol. The summed E-state index contributed by atoms with van der Waals surface area (Å²) in [5.41, 5.74) is 0.448. The predicted octanol–water partition coefficient (Wildman–Crippen LogP) is 1.72. The molecule has 0 aliphatic carbocycles. The topological polar surface area (TPSA) is 15.3 Å². The van der Waals surface area contributed by atoms with Gasteiger partial charge in [-0.15, -0.1) is 0 Å². The number of hydrogen-bond acceptors (Lipinski definition) is 2. The number of nitrogens with one attached hydrogen (secondary N) is 1. The lowest BCUT2D eigenvalue weighted by atomic mass is 9.79. The third kappa shape index (κ3) is 2.96. The average Bonchev–Trinajstić information content (AvgIpc) is 2.04. The molecule has 0 aromatic heterocycles. The molecule has 1 rings (SSSR count). The van der Waals surface area contributed by atoms with Crippen molar-refractivity contribution in [1.82, 2.24) is 10.2 Å². The molecule has 0 spiro atoms. The summed E-state index contributed by atoms with van der Waals surface area (Å²) in [6.45, 7) is 10.6. The zero-order chi connectivity index (χ0) is 9.90. The van der Waals surface area contributed by atoms with Crippen molar-refractivity contribution in [3.8, 4) is 0 Å². The maximum absolute atomic E-state index is 3.63. The van der Waals surface area contributed by atoms with Gasteiger partial charge >= 0.3 is 0 Å². The molecule has 1 atom stereocenters. The summed E-state index contributed by atoms with van der Waals surface area (Å²) < 4.78 is 0. The van der Waals surface area contributed by atoms with Crippen LogP contribution in [0.1, 0.15) is 33.6 Å². The van der Waals surface area contributed by atoms with Gasteiger partial charge < -0.3 is 10.2 Å². The van der Waals surface area contributed by atoms with Crippen LogP contribution in [0.4, 0.5) is 0 Å². The minimum atomic E-state index is 0.448. The zero-order valence-corrected chi connectivity index (χ0v) is 9.56. The maximum atomic E-state index is 3.63. The molecule has 0 radical (unpaired) electrons. The van der Waals surface area contributed by atoms with Crippen LogP contribution in [0, 0.1) is 5.41 Å². The molecule has 78 valence electrons. The number of hydrogen-bond donors (Lipinski definition) is 1. The maximum Gasteiger partial charge on any atom is 0.0246 e. The van der Waals surface area contributed by atoms with Crippen LogP contribution in [-0.4, -0.2) is 37.6 Å². The van der Waals surface area contributed by atoms with E-state index < -0.39 is 0 Å². The third-order valence-electron chi connectivity index (χ3n) is 3.22. The Kier molecular flexibility index (Phi) is 3.74. The van der Waals surface area contributed by atoms with Crippen molar-refractivity contribution in [2.75, 3.05) is 26.7 Å². The molecule has 1 unspecified atom stereocenters. The second kappa shape index (κ2) is 4.43. The van der Waals surface area contributed by atoms with Crippen molar-refractivity contribution < 1.29 is 0 Å². The fourth-order valence-electron chi connectivity index (χ4n) is 2.24. The molecular weight excluding hydrogens is 160 g/mol. The van der Waals surface area contributed by atoms with E-state index in [-0.39, 0.29) is 0 Å². The van der Waals surface area contributed by atoms with Crippen LogP contribution < -0.4 is 5.32 Å². The zero-order valence-electron chi connectivity index (χ0n) is 9.56. The standard InChI is InChI=1S/C11H24N2/c1-5-6-11(2,3)10-9-13(4)8-7-12-10/h10,12H,5-9H2,1-4H3. The third-order valence-corrected chi connectivity index (χ3v) is 3.22. The van der Waals surface area contributed by atoms with E-state index in [2.05, 4.69) is 38.0 Å². The number of rotatable bonds is 3. The first-order chi connectivity index (χ1) is 6.06. The minimum Gasteiger partial charge on any atom is -0.311 e. The molecule has 1 saturated heterocycles. The van der Waals surface area contributed by atoms with Crippen LogP contribution >= 0.6 is 0 Å². The first-order valence-corrected chi connectivity index (χ1v) is 5.48. The lowest BCUT2D eigenvalue weighted by molar-refractivity contribution is 0.134. The highest BCUT2D eigenvalue weighted by Crippen LogP contribution is 2.28. The normalized spacial score (nSPS) is 26.3. The van der Waals surface area contributed by atoms with Crippen molar-refractivity contribution in [2.45, 2.75) is 39.7 Å². The largest absolute Gasteiger partial charge is 0.311 e. The van der Waals surface area contributed by atoms with E-state index in [1.54, 1.807) is 0 Å². The van der Waals surface area contributed by atoms with E-state index in [1.807, 2.05) is 0 Å². The van der Waals surface area contributed by atoms with E-state index in [0.29, 0.717) is 11.5 Å². The summed E-state index contributed by atoms with van der Waals surface area (Å²) in [5, 5.41) is 3.63. The summed E-state index contributed by atoms with van der Waals surface area (Å²) in [4.78, 5) is 2.43. The van der Waals surface area contributed by atoms with Crippen molar-refractivity contribution in [3.63, 3.8) is 0 Å². The summed E-state index contributed by atoms with van der Waals surface area (Å²) in [5.74, 6) is 0. The van der Waals surface area contributed by atoms with E-state index in [1.165, 1.54) is 25.9 Å². The van der Waals surface area contributed by atoms with Gasteiger partial charge in [-0.2, -0.15) is 0 Å². The van der Waals surface area contributed by atoms with Crippen LogP contribution in [0.15, 0.2) is 0 Å². The van der Waals surface area contributed by atoms with Gasteiger partial charge in [0.2, 0.25) is 0 Å². The highest BCUT2D eigenvalue weighted by molar-refractivity contribution is 4.88. The van der Waals surface area contributed by atoms with Crippen LogP contribution in [0.2, 0.25) is 0 Å². The second-order valence-corrected chi connectivity index (χ2v) is 5.01. The Labute approximate surface area is 82.7 Å². The first kappa shape index (κ1) is 11.0. The van der Waals surface area contributed by atoms with Gasteiger partial charge in [0.1, 0.15) is 0 Å². The molecule has 1 heterocycles. The van der Waals surface area contributed by atoms with Crippen molar-refractivity contribution >= 4 is 0 Å². The summed E-state index contributed by atoms with van der Waals surface area (Å²) in [7, 11) is 2.22. The quantitative estimate of drug-likeness (QED) is 0.718. The summed E-state index contributed by atoms with van der Waals surface area (Å²) in [6.07, 6.45) is 2.60. The molecule has 0 amide bonds. The summed E-state index contributed by atoms with van der Waals surface area (Å²) >= 11 is 0. The molecule has 0 aromatic carbocycles. The molecule has 13 heavy (non-hydrogen) atoms. The Morgan fingerprint density at radius 2 is 2.15 bits per heavy atom. The van der Waals surface area contributed by atoms with Crippen LogP contribution in [0.25, 0.3) is 0 Å². The number of nitrogens with zero attached hydrogens (tertiary/aromatic N) is 1. The predicted molar refractivity (Wildman–Crippen MR) is 58.0 cm³/mol. The molecule has 0 aromatic rings. The molecule has 2 nitrogen and oxygen atoms in total.